The highest BCUT2D eigenvalue weighted by Gasteiger charge is 2.34. The van der Waals surface area contributed by atoms with Gasteiger partial charge in [-0.05, 0) is 23.8 Å². The number of carboxylic acids is 1. The maximum Gasteiger partial charge on any atom is 0.416 e. The minimum absolute atomic E-state index is 0.354. The Balaban J connectivity index is 2.27. The van der Waals surface area contributed by atoms with Gasteiger partial charge in [0.05, 0.1) is 11.1 Å². The third kappa shape index (κ3) is 4.35. The average molecular weight is 373 g/mol. The predicted molar refractivity (Wildman–Crippen MR) is 80.4 cm³/mol. The summed E-state index contributed by atoms with van der Waals surface area (Å²) in [4.78, 5) is 23.3. The second-order valence-electron chi connectivity index (χ2n) is 5.32. The summed E-state index contributed by atoms with van der Waals surface area (Å²) in [5, 5.41) is 11.1. The van der Waals surface area contributed by atoms with Crippen molar-refractivity contribution >= 4 is 11.9 Å². The van der Waals surface area contributed by atoms with E-state index in [1.807, 2.05) is 5.32 Å². The van der Waals surface area contributed by atoms with E-state index in [4.69, 9.17) is 0 Å². The van der Waals surface area contributed by atoms with E-state index in [1.54, 1.807) is 0 Å². The molecule has 9 heteroatoms. The van der Waals surface area contributed by atoms with Gasteiger partial charge in [-0.15, -0.1) is 0 Å². The number of carboxylic acid groups (broad SMARTS) is 1. The van der Waals surface area contributed by atoms with Crippen molar-refractivity contribution in [1.29, 1.82) is 0 Å². The molecule has 2 rings (SSSR count). The molecule has 0 bridgehead atoms. The van der Waals surface area contributed by atoms with E-state index in [1.165, 1.54) is 6.07 Å². The van der Waals surface area contributed by atoms with Crippen LogP contribution in [0, 0.1) is 11.6 Å². The molecule has 0 aromatic heterocycles. The summed E-state index contributed by atoms with van der Waals surface area (Å²) in [5.74, 6) is -5.66. The van der Waals surface area contributed by atoms with Gasteiger partial charge < -0.3 is 10.4 Å². The van der Waals surface area contributed by atoms with Gasteiger partial charge in [0.25, 0.3) is 5.91 Å². The smallest absolute Gasteiger partial charge is 0.416 e. The summed E-state index contributed by atoms with van der Waals surface area (Å²) in [6.45, 7) is 0. The molecule has 4 nitrogen and oxygen atoms in total. The highest BCUT2D eigenvalue weighted by molar-refractivity contribution is 5.96. The first kappa shape index (κ1) is 19.4. The van der Waals surface area contributed by atoms with E-state index in [9.17, 15) is 36.6 Å². The number of benzene rings is 2. The maximum atomic E-state index is 13.6. The SMILES string of the molecule is O=C(N[C@H](Cc1ccccc1C(F)(F)F)C(=O)O)c1cccc(F)c1F. The van der Waals surface area contributed by atoms with Gasteiger partial charge in [-0.25, -0.2) is 13.6 Å². The number of alkyl halides is 3. The number of halogens is 5. The van der Waals surface area contributed by atoms with Gasteiger partial charge in [-0.3, -0.25) is 4.79 Å². The van der Waals surface area contributed by atoms with E-state index in [0.29, 0.717) is 0 Å². The summed E-state index contributed by atoms with van der Waals surface area (Å²) in [6, 6.07) is 5.25. The largest absolute Gasteiger partial charge is 0.480 e. The monoisotopic (exact) mass is 373 g/mol. The van der Waals surface area contributed by atoms with Gasteiger partial charge in [0.15, 0.2) is 11.6 Å². The molecule has 0 spiro atoms. The Hall–Kier alpha value is -2.97. The number of carbonyl (C=O) groups excluding carboxylic acids is 1. The van der Waals surface area contributed by atoms with Crippen molar-refractivity contribution in [3.8, 4) is 0 Å². The van der Waals surface area contributed by atoms with Crippen LogP contribution in [0.2, 0.25) is 0 Å². The summed E-state index contributed by atoms with van der Waals surface area (Å²) >= 11 is 0. The summed E-state index contributed by atoms with van der Waals surface area (Å²) in [5.41, 5.74) is -2.15. The van der Waals surface area contributed by atoms with Crippen molar-refractivity contribution in [2.24, 2.45) is 0 Å². The van der Waals surface area contributed by atoms with Crippen LogP contribution < -0.4 is 5.32 Å². The number of aliphatic carboxylic acids is 1. The molecule has 0 heterocycles. The molecule has 1 amide bonds. The lowest BCUT2D eigenvalue weighted by Gasteiger charge is -2.18. The van der Waals surface area contributed by atoms with Crippen LogP contribution in [0.3, 0.4) is 0 Å². The number of nitrogens with one attached hydrogen (secondary N) is 1. The van der Waals surface area contributed by atoms with Crippen LogP contribution in [0.1, 0.15) is 21.5 Å². The molecule has 0 radical (unpaired) electrons. The van der Waals surface area contributed by atoms with Crippen molar-refractivity contribution in [1.82, 2.24) is 5.32 Å². The van der Waals surface area contributed by atoms with Crippen molar-refractivity contribution in [2.45, 2.75) is 18.6 Å². The summed E-state index contributed by atoms with van der Waals surface area (Å²) < 4.78 is 65.8. The van der Waals surface area contributed by atoms with Crippen molar-refractivity contribution in [3.63, 3.8) is 0 Å². The molecule has 2 N–H and O–H groups in total. The van der Waals surface area contributed by atoms with Gasteiger partial charge in [-0.1, -0.05) is 24.3 Å². The minimum atomic E-state index is -4.71. The Morgan fingerprint density at radius 1 is 1.04 bits per heavy atom. The number of carbonyl (C=O) groups is 2. The topological polar surface area (TPSA) is 66.4 Å². The molecule has 0 aliphatic rings. The van der Waals surface area contributed by atoms with Gasteiger partial charge in [0, 0.05) is 6.42 Å². The standard InChI is InChI=1S/C17H12F5NO3/c18-12-7-3-5-10(14(12)19)15(24)23-13(16(25)26)8-9-4-1-2-6-11(9)17(20,21)22/h1-7,13H,8H2,(H,23,24)(H,25,26)/t13-/m1/s1. The fraction of sp³-hybridized carbons (Fsp3) is 0.176. The Bertz CT molecular complexity index is 835. The van der Waals surface area contributed by atoms with E-state index < -0.39 is 53.3 Å². The fourth-order valence-electron chi connectivity index (χ4n) is 2.31. The zero-order valence-electron chi connectivity index (χ0n) is 13.0. The van der Waals surface area contributed by atoms with Crippen LogP contribution in [0.5, 0.6) is 0 Å². The van der Waals surface area contributed by atoms with Gasteiger partial charge in [-0.2, -0.15) is 13.2 Å². The zero-order chi connectivity index (χ0) is 19.5. The second kappa shape index (κ2) is 7.51. The molecule has 0 aliphatic heterocycles. The number of rotatable bonds is 5. The first-order chi connectivity index (χ1) is 12.1. The van der Waals surface area contributed by atoms with Crippen LogP contribution >= 0.6 is 0 Å². The molecule has 26 heavy (non-hydrogen) atoms. The number of hydrogen-bond acceptors (Lipinski definition) is 2. The molecular formula is C17H12F5NO3. The van der Waals surface area contributed by atoms with Gasteiger partial charge in [0.1, 0.15) is 6.04 Å². The molecule has 0 fully saturated rings. The minimum Gasteiger partial charge on any atom is -0.480 e. The van der Waals surface area contributed by atoms with Crippen LogP contribution in [0.4, 0.5) is 22.0 Å². The first-order valence-corrected chi connectivity index (χ1v) is 7.24. The van der Waals surface area contributed by atoms with E-state index in [0.717, 1.165) is 36.4 Å². The number of hydrogen-bond donors (Lipinski definition) is 2. The third-order valence-corrected chi connectivity index (χ3v) is 3.55. The highest BCUT2D eigenvalue weighted by atomic mass is 19.4. The lowest BCUT2D eigenvalue weighted by atomic mass is 9.99. The molecule has 2 aromatic carbocycles. The first-order valence-electron chi connectivity index (χ1n) is 7.24. The normalized spacial score (nSPS) is 12.5. The molecule has 138 valence electrons. The van der Waals surface area contributed by atoms with Crippen LogP contribution in [0.25, 0.3) is 0 Å². The van der Waals surface area contributed by atoms with E-state index in [-0.39, 0.29) is 5.56 Å². The van der Waals surface area contributed by atoms with Crippen LogP contribution in [0.15, 0.2) is 42.5 Å². The van der Waals surface area contributed by atoms with Crippen LogP contribution in [-0.4, -0.2) is 23.0 Å². The molecule has 2 aromatic rings. The highest BCUT2D eigenvalue weighted by Crippen LogP contribution is 2.32. The molecule has 1 atom stereocenters. The molecule has 0 saturated carbocycles. The predicted octanol–water partition coefficient (Wildman–Crippen LogP) is 3.41. The van der Waals surface area contributed by atoms with Crippen LogP contribution in [-0.2, 0) is 17.4 Å². The van der Waals surface area contributed by atoms with Crippen molar-refractivity contribution in [2.75, 3.05) is 0 Å². The second-order valence-corrected chi connectivity index (χ2v) is 5.32. The molecule has 0 aliphatic carbocycles. The molecule has 0 unspecified atom stereocenters. The Morgan fingerprint density at radius 3 is 2.31 bits per heavy atom. The average Bonchev–Trinajstić information content (AvgIpc) is 2.56. The Morgan fingerprint density at radius 2 is 1.69 bits per heavy atom. The fourth-order valence-corrected chi connectivity index (χ4v) is 2.31. The molecule has 0 saturated heterocycles. The molecular weight excluding hydrogens is 361 g/mol. The third-order valence-electron chi connectivity index (χ3n) is 3.55. The van der Waals surface area contributed by atoms with Gasteiger partial charge in [0.2, 0.25) is 0 Å². The quantitative estimate of drug-likeness (QED) is 0.790. The number of amides is 1. The Kier molecular flexibility index (Phi) is 5.59. The van der Waals surface area contributed by atoms with E-state index >= 15 is 0 Å². The van der Waals surface area contributed by atoms with Gasteiger partial charge >= 0.3 is 12.1 Å². The van der Waals surface area contributed by atoms with Crippen molar-refractivity contribution < 1.29 is 36.6 Å². The van der Waals surface area contributed by atoms with Crippen molar-refractivity contribution in [3.05, 3.63) is 70.8 Å². The Labute approximate surface area is 144 Å². The lowest BCUT2D eigenvalue weighted by Crippen LogP contribution is -2.43. The summed E-state index contributed by atoms with van der Waals surface area (Å²) in [6.07, 6.45) is -5.40. The summed E-state index contributed by atoms with van der Waals surface area (Å²) in [7, 11) is 0. The lowest BCUT2D eigenvalue weighted by molar-refractivity contribution is -0.141. The maximum absolute atomic E-state index is 13.6. The van der Waals surface area contributed by atoms with E-state index in [2.05, 4.69) is 0 Å². The zero-order valence-corrected chi connectivity index (χ0v) is 13.0.